The quantitative estimate of drug-likeness (QED) is 0.749. The fraction of sp³-hybridized carbons (Fsp3) is 0.529. The molecule has 1 aromatic carbocycles. The fourth-order valence-electron chi connectivity index (χ4n) is 3.34. The highest BCUT2D eigenvalue weighted by Gasteiger charge is 2.45. The Kier molecular flexibility index (Phi) is 4.66. The molecule has 26 heavy (non-hydrogen) atoms. The molecule has 1 aromatic heterocycles. The van der Waals surface area contributed by atoms with E-state index in [4.69, 9.17) is 16.3 Å². The van der Waals surface area contributed by atoms with E-state index in [1.54, 1.807) is 12.1 Å². The largest absolute Gasteiger partial charge is 0.492 e. The third kappa shape index (κ3) is 3.33. The summed E-state index contributed by atoms with van der Waals surface area (Å²) in [5.41, 5.74) is -0.747. The topological polar surface area (TPSA) is 97.0 Å². The minimum atomic E-state index is -3.84. The first-order chi connectivity index (χ1) is 12.5. The minimum Gasteiger partial charge on any atom is -0.492 e. The zero-order chi connectivity index (χ0) is 18.2. The van der Waals surface area contributed by atoms with E-state index in [2.05, 4.69) is 19.9 Å². The van der Waals surface area contributed by atoms with Crippen LogP contribution in [0, 0.1) is 5.92 Å². The number of rotatable bonds is 7. The standard InChI is InChI=1S/C17H21ClN4O3S/c18-13-5-6-14(25-10-12-3-1-4-12)15(9-13)26(23,24)22-17(7-2-8-17)16-19-11-20-21-16/h5-6,9,11-12,22H,1-4,7-8,10H2,(H,19,20,21). The van der Waals surface area contributed by atoms with Gasteiger partial charge in [-0.1, -0.05) is 18.0 Å². The van der Waals surface area contributed by atoms with Crippen molar-refractivity contribution < 1.29 is 13.2 Å². The molecule has 0 atom stereocenters. The number of hydrogen-bond acceptors (Lipinski definition) is 5. The summed E-state index contributed by atoms with van der Waals surface area (Å²) in [5, 5.41) is 6.99. The van der Waals surface area contributed by atoms with Gasteiger partial charge in [-0.3, -0.25) is 5.10 Å². The number of nitrogens with zero attached hydrogens (tertiary/aromatic N) is 2. The number of ether oxygens (including phenoxy) is 1. The van der Waals surface area contributed by atoms with Crippen LogP contribution in [-0.4, -0.2) is 30.2 Å². The molecule has 4 rings (SSSR count). The summed E-state index contributed by atoms with van der Waals surface area (Å²) in [6, 6.07) is 4.70. The van der Waals surface area contributed by atoms with Crippen LogP contribution < -0.4 is 9.46 Å². The molecule has 2 N–H and O–H groups in total. The van der Waals surface area contributed by atoms with Crippen LogP contribution in [-0.2, 0) is 15.6 Å². The van der Waals surface area contributed by atoms with E-state index < -0.39 is 15.6 Å². The molecule has 9 heteroatoms. The molecule has 2 aliphatic carbocycles. The normalized spacial score (nSPS) is 19.6. The van der Waals surface area contributed by atoms with Crippen molar-refractivity contribution in [3.8, 4) is 5.75 Å². The van der Waals surface area contributed by atoms with Crippen LogP contribution >= 0.6 is 11.6 Å². The zero-order valence-corrected chi connectivity index (χ0v) is 15.8. The summed E-state index contributed by atoms with van der Waals surface area (Å²) in [6.45, 7) is 0.525. The van der Waals surface area contributed by atoms with E-state index in [0.717, 1.165) is 19.3 Å². The van der Waals surface area contributed by atoms with Crippen LogP contribution in [0.3, 0.4) is 0 Å². The number of halogens is 1. The van der Waals surface area contributed by atoms with E-state index in [0.29, 0.717) is 42.0 Å². The van der Waals surface area contributed by atoms with E-state index in [-0.39, 0.29) is 4.90 Å². The molecule has 2 saturated carbocycles. The summed E-state index contributed by atoms with van der Waals surface area (Å²) in [7, 11) is -3.84. The SMILES string of the molecule is O=S(=O)(NC1(c2ncn[nH]2)CCC1)c1cc(Cl)ccc1OCC1CCC1. The first-order valence-corrected chi connectivity index (χ1v) is 10.7. The predicted molar refractivity (Wildman–Crippen MR) is 96.5 cm³/mol. The van der Waals surface area contributed by atoms with Gasteiger partial charge in [0.1, 0.15) is 22.8 Å². The second-order valence-electron chi connectivity index (χ2n) is 7.07. The average Bonchev–Trinajstić information content (AvgIpc) is 3.05. The first kappa shape index (κ1) is 17.8. The summed E-state index contributed by atoms with van der Waals surface area (Å²) in [4.78, 5) is 4.22. The Morgan fingerprint density at radius 1 is 1.31 bits per heavy atom. The van der Waals surface area contributed by atoms with Crippen molar-refractivity contribution in [3.63, 3.8) is 0 Å². The van der Waals surface area contributed by atoms with Gasteiger partial charge >= 0.3 is 0 Å². The molecule has 140 valence electrons. The van der Waals surface area contributed by atoms with Crippen LogP contribution in [0.5, 0.6) is 5.75 Å². The molecular formula is C17H21ClN4O3S. The van der Waals surface area contributed by atoms with Gasteiger partial charge in [0.05, 0.1) is 12.1 Å². The van der Waals surface area contributed by atoms with Crippen molar-refractivity contribution in [2.24, 2.45) is 5.92 Å². The molecule has 0 unspecified atom stereocenters. The van der Waals surface area contributed by atoms with Crippen molar-refractivity contribution in [1.29, 1.82) is 0 Å². The summed E-state index contributed by atoms with van der Waals surface area (Å²) < 4.78 is 34.9. The highest BCUT2D eigenvalue weighted by Crippen LogP contribution is 2.41. The van der Waals surface area contributed by atoms with Crippen LogP contribution in [0.1, 0.15) is 44.3 Å². The first-order valence-electron chi connectivity index (χ1n) is 8.81. The molecule has 2 aromatic rings. The zero-order valence-electron chi connectivity index (χ0n) is 14.2. The molecule has 0 spiro atoms. The molecule has 7 nitrogen and oxygen atoms in total. The van der Waals surface area contributed by atoms with Crippen LogP contribution in [0.25, 0.3) is 0 Å². The Hall–Kier alpha value is -1.64. The molecular weight excluding hydrogens is 376 g/mol. The van der Waals surface area contributed by atoms with E-state index in [1.165, 1.54) is 18.8 Å². The smallest absolute Gasteiger partial charge is 0.245 e. The van der Waals surface area contributed by atoms with Crippen molar-refractivity contribution >= 4 is 21.6 Å². The lowest BCUT2D eigenvalue weighted by molar-refractivity contribution is 0.177. The van der Waals surface area contributed by atoms with Gasteiger partial charge in [-0.2, -0.15) is 9.82 Å². The highest BCUT2D eigenvalue weighted by molar-refractivity contribution is 7.89. The van der Waals surface area contributed by atoms with Gasteiger partial charge in [0.2, 0.25) is 10.0 Å². The predicted octanol–water partition coefficient (Wildman–Crippen LogP) is 2.99. The number of H-pyrrole nitrogens is 1. The molecule has 0 amide bonds. The Morgan fingerprint density at radius 2 is 2.12 bits per heavy atom. The Balaban J connectivity index is 1.61. The molecule has 2 aliphatic rings. The Bertz CT molecular complexity index is 877. The van der Waals surface area contributed by atoms with E-state index in [1.807, 2.05) is 0 Å². The monoisotopic (exact) mass is 396 g/mol. The number of benzene rings is 1. The number of nitrogens with one attached hydrogen (secondary N) is 2. The second-order valence-corrected chi connectivity index (χ2v) is 9.16. The molecule has 0 aliphatic heterocycles. The minimum absolute atomic E-state index is 0.0649. The maximum atomic E-state index is 13.1. The van der Waals surface area contributed by atoms with Gasteiger partial charge in [-0.05, 0) is 56.2 Å². The highest BCUT2D eigenvalue weighted by atomic mass is 35.5. The summed E-state index contributed by atoms with van der Waals surface area (Å²) in [6.07, 6.45) is 7.10. The molecule has 2 fully saturated rings. The van der Waals surface area contributed by atoms with Crippen molar-refractivity contribution in [2.45, 2.75) is 49.0 Å². The lowest BCUT2D eigenvalue weighted by Gasteiger charge is -2.40. The van der Waals surface area contributed by atoms with Gasteiger partial charge in [-0.25, -0.2) is 13.4 Å². The lowest BCUT2D eigenvalue weighted by atomic mass is 9.77. The molecule has 0 bridgehead atoms. The number of sulfonamides is 1. The van der Waals surface area contributed by atoms with Crippen molar-refractivity contribution in [3.05, 3.63) is 35.4 Å². The summed E-state index contributed by atoms with van der Waals surface area (Å²) in [5.74, 6) is 1.37. The fourth-order valence-corrected chi connectivity index (χ4v) is 5.18. The van der Waals surface area contributed by atoms with Crippen molar-refractivity contribution in [2.75, 3.05) is 6.61 Å². The Morgan fingerprint density at radius 3 is 2.69 bits per heavy atom. The van der Waals surface area contributed by atoms with E-state index in [9.17, 15) is 8.42 Å². The number of hydrogen-bond donors (Lipinski definition) is 2. The summed E-state index contributed by atoms with van der Waals surface area (Å²) >= 11 is 6.07. The average molecular weight is 397 g/mol. The van der Waals surface area contributed by atoms with Crippen LogP contribution in [0.4, 0.5) is 0 Å². The van der Waals surface area contributed by atoms with Gasteiger partial charge in [0.15, 0.2) is 0 Å². The van der Waals surface area contributed by atoms with Crippen LogP contribution in [0.2, 0.25) is 5.02 Å². The lowest BCUT2D eigenvalue weighted by Crippen LogP contribution is -2.51. The number of aromatic amines is 1. The van der Waals surface area contributed by atoms with E-state index >= 15 is 0 Å². The number of aromatic nitrogens is 3. The van der Waals surface area contributed by atoms with Crippen molar-refractivity contribution in [1.82, 2.24) is 19.9 Å². The Labute approximate surface area is 157 Å². The maximum absolute atomic E-state index is 13.1. The van der Waals surface area contributed by atoms with Gasteiger partial charge in [-0.15, -0.1) is 0 Å². The molecule has 0 radical (unpaired) electrons. The van der Waals surface area contributed by atoms with Gasteiger partial charge in [0, 0.05) is 5.02 Å². The van der Waals surface area contributed by atoms with Gasteiger partial charge < -0.3 is 4.74 Å². The third-order valence-electron chi connectivity index (χ3n) is 5.30. The van der Waals surface area contributed by atoms with Crippen LogP contribution in [0.15, 0.2) is 29.4 Å². The molecule has 1 heterocycles. The molecule has 0 saturated heterocycles. The third-order valence-corrected chi connectivity index (χ3v) is 7.09. The maximum Gasteiger partial charge on any atom is 0.245 e. The van der Waals surface area contributed by atoms with Gasteiger partial charge in [0.25, 0.3) is 0 Å². The second kappa shape index (κ2) is 6.83.